The fraction of sp³-hybridized carbons (Fsp3) is 0.429. The lowest BCUT2D eigenvalue weighted by atomic mass is 10.0. The highest BCUT2D eigenvalue weighted by atomic mass is 16.5. The van der Waals surface area contributed by atoms with E-state index < -0.39 is 0 Å². The Bertz CT molecular complexity index is 658. The number of hydrogen-bond donors (Lipinski definition) is 1. The van der Waals surface area contributed by atoms with Crippen molar-refractivity contribution >= 4 is 5.69 Å². The summed E-state index contributed by atoms with van der Waals surface area (Å²) in [5.41, 5.74) is 5.33. The highest BCUT2D eigenvalue weighted by Crippen LogP contribution is 2.21. The first-order chi connectivity index (χ1) is 11.6. The average Bonchev–Trinajstić information content (AvgIpc) is 2.61. The van der Waals surface area contributed by atoms with Crippen molar-refractivity contribution in [2.45, 2.75) is 39.3 Å². The lowest BCUT2D eigenvalue weighted by molar-refractivity contribution is 0.211. The highest BCUT2D eigenvalue weighted by molar-refractivity contribution is 5.48. The summed E-state index contributed by atoms with van der Waals surface area (Å²) in [7, 11) is 1.71. The summed E-state index contributed by atoms with van der Waals surface area (Å²) in [6.45, 7) is 7.66. The van der Waals surface area contributed by atoms with Crippen molar-refractivity contribution in [3.8, 4) is 5.75 Å². The van der Waals surface area contributed by atoms with Gasteiger partial charge in [0, 0.05) is 31.4 Å². The number of methoxy groups -OCH3 is 1. The molecule has 1 aliphatic rings. The lowest BCUT2D eigenvalue weighted by Gasteiger charge is -2.33. The molecule has 1 heterocycles. The third-order valence-corrected chi connectivity index (χ3v) is 5.03. The predicted molar refractivity (Wildman–Crippen MR) is 101 cm³/mol. The van der Waals surface area contributed by atoms with Crippen LogP contribution < -0.4 is 10.1 Å². The van der Waals surface area contributed by atoms with Gasteiger partial charge in [-0.1, -0.05) is 18.2 Å². The molecule has 3 rings (SSSR count). The Morgan fingerprint density at radius 3 is 2.33 bits per heavy atom. The number of rotatable bonds is 5. The van der Waals surface area contributed by atoms with E-state index in [1.165, 1.54) is 35.2 Å². The maximum atomic E-state index is 5.22. The Balaban J connectivity index is 1.49. The third-order valence-electron chi connectivity index (χ3n) is 5.03. The summed E-state index contributed by atoms with van der Waals surface area (Å²) < 4.78 is 5.22. The van der Waals surface area contributed by atoms with Crippen LogP contribution >= 0.6 is 0 Å². The van der Waals surface area contributed by atoms with Gasteiger partial charge in [0.25, 0.3) is 0 Å². The molecule has 0 amide bonds. The number of nitrogens with zero attached hydrogens (tertiary/aromatic N) is 1. The molecule has 1 saturated heterocycles. The first-order valence-electron chi connectivity index (χ1n) is 8.83. The summed E-state index contributed by atoms with van der Waals surface area (Å²) in [6, 6.07) is 15.7. The Labute approximate surface area is 145 Å². The Morgan fingerprint density at radius 1 is 1.00 bits per heavy atom. The molecule has 1 fully saturated rings. The van der Waals surface area contributed by atoms with Crippen molar-refractivity contribution in [1.82, 2.24) is 4.90 Å². The zero-order valence-corrected chi connectivity index (χ0v) is 15.0. The summed E-state index contributed by atoms with van der Waals surface area (Å²) >= 11 is 0. The van der Waals surface area contributed by atoms with E-state index in [9.17, 15) is 0 Å². The van der Waals surface area contributed by atoms with E-state index in [0.717, 1.165) is 25.4 Å². The van der Waals surface area contributed by atoms with Crippen LogP contribution in [0.2, 0.25) is 0 Å². The van der Waals surface area contributed by atoms with Gasteiger partial charge in [-0.2, -0.15) is 0 Å². The van der Waals surface area contributed by atoms with Crippen LogP contribution in [0.5, 0.6) is 5.75 Å². The smallest absolute Gasteiger partial charge is 0.118 e. The molecule has 0 saturated carbocycles. The first kappa shape index (κ1) is 16.8. The van der Waals surface area contributed by atoms with Crippen molar-refractivity contribution in [2.24, 2.45) is 0 Å². The van der Waals surface area contributed by atoms with Crippen LogP contribution in [0.25, 0.3) is 0 Å². The molecule has 0 aromatic heterocycles. The molecule has 1 N–H and O–H groups in total. The minimum atomic E-state index is 0.583. The molecular formula is C21H28N2O. The number of piperidine rings is 1. The van der Waals surface area contributed by atoms with Crippen LogP contribution in [0.4, 0.5) is 5.69 Å². The van der Waals surface area contributed by atoms with Gasteiger partial charge in [-0.15, -0.1) is 0 Å². The van der Waals surface area contributed by atoms with E-state index in [1.54, 1.807) is 7.11 Å². The predicted octanol–water partition coefficient (Wildman–Crippen LogP) is 4.39. The second-order valence-corrected chi connectivity index (χ2v) is 6.84. The zero-order chi connectivity index (χ0) is 16.9. The van der Waals surface area contributed by atoms with Crippen LogP contribution in [-0.4, -0.2) is 31.1 Å². The van der Waals surface area contributed by atoms with Gasteiger partial charge in [-0.25, -0.2) is 0 Å². The number of ether oxygens (including phenoxy) is 1. The normalized spacial score (nSPS) is 16.1. The molecule has 3 heteroatoms. The fourth-order valence-electron chi connectivity index (χ4n) is 3.29. The van der Waals surface area contributed by atoms with Crippen molar-refractivity contribution in [3.63, 3.8) is 0 Å². The van der Waals surface area contributed by atoms with Gasteiger partial charge in [-0.05, 0) is 67.6 Å². The number of nitrogens with one attached hydrogen (secondary N) is 1. The second kappa shape index (κ2) is 7.71. The van der Waals surface area contributed by atoms with E-state index in [-0.39, 0.29) is 0 Å². The molecule has 0 radical (unpaired) electrons. The van der Waals surface area contributed by atoms with Crippen LogP contribution in [0.3, 0.4) is 0 Å². The van der Waals surface area contributed by atoms with Crippen molar-refractivity contribution in [1.29, 1.82) is 0 Å². The second-order valence-electron chi connectivity index (χ2n) is 6.84. The van der Waals surface area contributed by atoms with Crippen molar-refractivity contribution in [3.05, 3.63) is 59.2 Å². The van der Waals surface area contributed by atoms with Gasteiger partial charge in [0.1, 0.15) is 5.75 Å². The minimum absolute atomic E-state index is 0.583. The lowest BCUT2D eigenvalue weighted by Crippen LogP contribution is -2.38. The molecule has 2 aromatic rings. The highest BCUT2D eigenvalue weighted by Gasteiger charge is 2.19. The molecule has 2 aromatic carbocycles. The van der Waals surface area contributed by atoms with Crippen molar-refractivity contribution in [2.75, 3.05) is 25.5 Å². The number of anilines is 1. The van der Waals surface area contributed by atoms with E-state index in [4.69, 9.17) is 4.74 Å². The molecule has 0 bridgehead atoms. The molecule has 0 unspecified atom stereocenters. The van der Waals surface area contributed by atoms with Gasteiger partial charge < -0.3 is 10.1 Å². The van der Waals surface area contributed by atoms with Gasteiger partial charge in [0.15, 0.2) is 0 Å². The molecule has 0 spiro atoms. The number of likely N-dealkylation sites (tertiary alicyclic amines) is 1. The number of benzene rings is 2. The topological polar surface area (TPSA) is 24.5 Å². The van der Waals surface area contributed by atoms with Crippen molar-refractivity contribution < 1.29 is 4.74 Å². The summed E-state index contributed by atoms with van der Waals surface area (Å²) in [6.07, 6.45) is 2.39. The van der Waals surface area contributed by atoms with E-state index in [0.29, 0.717) is 6.04 Å². The first-order valence-corrected chi connectivity index (χ1v) is 8.83. The molecule has 128 valence electrons. The fourth-order valence-corrected chi connectivity index (χ4v) is 3.29. The van der Waals surface area contributed by atoms with E-state index >= 15 is 0 Å². The minimum Gasteiger partial charge on any atom is -0.497 e. The molecule has 3 nitrogen and oxygen atoms in total. The molecule has 0 atom stereocenters. The maximum absolute atomic E-state index is 5.22. The Kier molecular flexibility index (Phi) is 5.41. The largest absolute Gasteiger partial charge is 0.497 e. The van der Waals surface area contributed by atoms with Crippen LogP contribution in [0, 0.1) is 13.8 Å². The average molecular weight is 324 g/mol. The molecule has 24 heavy (non-hydrogen) atoms. The van der Waals surface area contributed by atoms with Gasteiger partial charge in [-0.3, -0.25) is 4.90 Å². The quantitative estimate of drug-likeness (QED) is 0.883. The SMILES string of the molecule is COc1ccc(CN2CCC(Nc3ccc(C)c(C)c3)CC2)cc1. The van der Waals surface area contributed by atoms with Crippen LogP contribution in [0.15, 0.2) is 42.5 Å². The Hall–Kier alpha value is -2.00. The van der Waals surface area contributed by atoms with Gasteiger partial charge in [0.05, 0.1) is 7.11 Å². The van der Waals surface area contributed by atoms with Crippen LogP contribution in [-0.2, 0) is 6.54 Å². The van der Waals surface area contributed by atoms with E-state index in [1.807, 2.05) is 12.1 Å². The summed E-state index contributed by atoms with van der Waals surface area (Å²) in [5.74, 6) is 0.926. The maximum Gasteiger partial charge on any atom is 0.118 e. The number of hydrogen-bond acceptors (Lipinski definition) is 3. The van der Waals surface area contributed by atoms with Gasteiger partial charge in [0.2, 0.25) is 0 Å². The molecule has 0 aliphatic carbocycles. The summed E-state index contributed by atoms with van der Waals surface area (Å²) in [5, 5.41) is 3.71. The monoisotopic (exact) mass is 324 g/mol. The van der Waals surface area contributed by atoms with Gasteiger partial charge >= 0.3 is 0 Å². The number of aryl methyl sites for hydroxylation is 2. The third kappa shape index (κ3) is 4.30. The standard InChI is InChI=1S/C21H28N2O/c1-16-4-7-20(14-17(16)2)22-19-10-12-23(13-11-19)15-18-5-8-21(24-3)9-6-18/h4-9,14,19,22H,10-13,15H2,1-3H3. The zero-order valence-electron chi connectivity index (χ0n) is 15.0. The molecular weight excluding hydrogens is 296 g/mol. The molecule has 1 aliphatic heterocycles. The summed E-state index contributed by atoms with van der Waals surface area (Å²) in [4.78, 5) is 2.54. The van der Waals surface area contributed by atoms with E-state index in [2.05, 4.69) is 54.4 Å². The van der Waals surface area contributed by atoms with Crippen LogP contribution in [0.1, 0.15) is 29.5 Å². The Morgan fingerprint density at radius 2 is 1.71 bits per heavy atom.